The lowest BCUT2D eigenvalue weighted by Crippen LogP contribution is -2.56. The Labute approximate surface area is 400 Å². The van der Waals surface area contributed by atoms with Gasteiger partial charge in [-0.2, -0.15) is 0 Å². The van der Waals surface area contributed by atoms with Gasteiger partial charge in [0.05, 0.1) is 11.1 Å². The Morgan fingerprint density at radius 1 is 0.463 bits per heavy atom. The van der Waals surface area contributed by atoms with Crippen LogP contribution in [0.4, 0.5) is 28.4 Å². The van der Waals surface area contributed by atoms with Crippen LogP contribution in [0.3, 0.4) is 0 Å². The van der Waals surface area contributed by atoms with Gasteiger partial charge < -0.3 is 14.4 Å². The standard InChI is InChI=1S/C63H68BN3/c1-39-33-44-55-54(34-39)65(41-23-25-45-47(35-41)59(4,5)30-29-58(45,2)3)53-36-42(67-51-22-16-15-21-46(51)62(10)27-17-18-28-63(62,67)11)24-26-50(53)64(55)56-43-37-48-49(61(8,9)32-31-60(48,6)7)38-52(43)66(57(44)56)40-19-13-12-14-20-40/h12-16,19-26,33-38H,17-18,27-32H2,1-11H3. The van der Waals surface area contributed by atoms with Crippen LogP contribution in [0.5, 0.6) is 0 Å². The van der Waals surface area contributed by atoms with Crippen LogP contribution >= 0.6 is 0 Å². The Hall–Kier alpha value is -5.48. The van der Waals surface area contributed by atoms with E-state index in [4.69, 9.17) is 0 Å². The first-order valence-corrected chi connectivity index (χ1v) is 25.8. The van der Waals surface area contributed by atoms with Crippen molar-refractivity contribution in [3.8, 4) is 16.9 Å². The minimum atomic E-state index is -0.0327. The molecule has 0 spiro atoms. The average Bonchev–Trinajstić information content (AvgIpc) is 3.88. The van der Waals surface area contributed by atoms with Crippen LogP contribution < -0.4 is 26.2 Å². The van der Waals surface area contributed by atoms with Gasteiger partial charge in [0, 0.05) is 45.2 Å². The third kappa shape index (κ3) is 5.42. The quantitative estimate of drug-likeness (QED) is 0.164. The summed E-state index contributed by atoms with van der Waals surface area (Å²) in [6.07, 6.45) is 9.74. The Morgan fingerprint density at radius 2 is 1.09 bits per heavy atom. The van der Waals surface area contributed by atoms with E-state index in [1.165, 1.54) is 157 Å². The highest BCUT2D eigenvalue weighted by Gasteiger charge is 2.58. The second kappa shape index (κ2) is 13.4. The molecule has 2 atom stereocenters. The monoisotopic (exact) mass is 878 g/mol. The van der Waals surface area contributed by atoms with Gasteiger partial charge in [0.2, 0.25) is 0 Å². The molecule has 338 valence electrons. The Kier molecular flexibility index (Phi) is 8.34. The van der Waals surface area contributed by atoms with Crippen LogP contribution in [0.2, 0.25) is 0 Å². The molecule has 0 saturated heterocycles. The van der Waals surface area contributed by atoms with Gasteiger partial charge in [-0.05, 0) is 195 Å². The molecule has 6 aliphatic rings. The van der Waals surface area contributed by atoms with Crippen molar-refractivity contribution in [1.82, 2.24) is 4.57 Å². The van der Waals surface area contributed by atoms with Crippen LogP contribution in [-0.2, 0) is 27.1 Å². The molecule has 67 heavy (non-hydrogen) atoms. The molecule has 1 fully saturated rings. The predicted molar refractivity (Wildman–Crippen MR) is 286 cm³/mol. The van der Waals surface area contributed by atoms with Gasteiger partial charge in [-0.1, -0.05) is 130 Å². The van der Waals surface area contributed by atoms with E-state index >= 15 is 0 Å². The molecule has 3 aliphatic heterocycles. The zero-order valence-corrected chi connectivity index (χ0v) is 42.0. The summed E-state index contributed by atoms with van der Waals surface area (Å²) in [6.45, 7) is 27.4. The fourth-order valence-corrected chi connectivity index (χ4v) is 15.0. The first-order chi connectivity index (χ1) is 31.8. The molecule has 7 aromatic rings. The van der Waals surface area contributed by atoms with Gasteiger partial charge in [0.1, 0.15) is 0 Å². The highest BCUT2D eigenvalue weighted by atomic mass is 15.3. The highest BCUT2D eigenvalue weighted by Crippen LogP contribution is 2.61. The molecule has 0 N–H and O–H groups in total. The average molecular weight is 878 g/mol. The first kappa shape index (κ1) is 41.7. The Balaban J connectivity index is 1.13. The van der Waals surface area contributed by atoms with Crippen molar-refractivity contribution in [2.75, 3.05) is 9.80 Å². The zero-order chi connectivity index (χ0) is 46.4. The van der Waals surface area contributed by atoms with E-state index in [9.17, 15) is 0 Å². The maximum Gasteiger partial charge on any atom is 0.251 e. The fourth-order valence-electron chi connectivity index (χ4n) is 15.0. The molecular formula is C63H68BN3. The van der Waals surface area contributed by atoms with Crippen molar-refractivity contribution < 1.29 is 0 Å². The summed E-state index contributed by atoms with van der Waals surface area (Å²) < 4.78 is 2.66. The summed E-state index contributed by atoms with van der Waals surface area (Å²) in [5.41, 5.74) is 25.6. The van der Waals surface area contributed by atoms with Gasteiger partial charge in [0.25, 0.3) is 6.71 Å². The minimum Gasteiger partial charge on any atom is -0.334 e. The summed E-state index contributed by atoms with van der Waals surface area (Å²) in [5.74, 6) is 0. The van der Waals surface area contributed by atoms with E-state index in [1.54, 1.807) is 0 Å². The number of nitrogens with zero attached hydrogens (tertiary/aromatic N) is 3. The van der Waals surface area contributed by atoms with Gasteiger partial charge in [-0.15, -0.1) is 0 Å². The van der Waals surface area contributed by atoms with E-state index in [2.05, 4.69) is 206 Å². The van der Waals surface area contributed by atoms with Crippen molar-refractivity contribution in [3.63, 3.8) is 0 Å². The summed E-state index contributed by atoms with van der Waals surface area (Å²) in [6, 6.07) is 46.2. The van der Waals surface area contributed by atoms with Crippen molar-refractivity contribution >= 4 is 62.4 Å². The van der Waals surface area contributed by atoms with E-state index in [-0.39, 0.29) is 39.3 Å². The van der Waals surface area contributed by atoms with Crippen molar-refractivity contribution in [3.05, 3.63) is 149 Å². The molecule has 1 aromatic heterocycles. The van der Waals surface area contributed by atoms with Gasteiger partial charge in [-0.25, -0.2) is 0 Å². The smallest absolute Gasteiger partial charge is 0.251 e. The van der Waals surface area contributed by atoms with E-state index in [1.807, 2.05) is 0 Å². The minimum absolute atomic E-state index is 0.0327. The number of fused-ring (bicyclic) bond motifs is 12. The molecule has 13 rings (SSSR count). The summed E-state index contributed by atoms with van der Waals surface area (Å²) in [5, 5.41) is 1.41. The van der Waals surface area contributed by atoms with E-state index < -0.39 is 0 Å². The van der Waals surface area contributed by atoms with Gasteiger partial charge in [0.15, 0.2) is 0 Å². The largest absolute Gasteiger partial charge is 0.334 e. The van der Waals surface area contributed by atoms with E-state index in [0.717, 1.165) is 0 Å². The topological polar surface area (TPSA) is 11.4 Å². The molecule has 2 unspecified atom stereocenters. The molecule has 4 heterocycles. The van der Waals surface area contributed by atoms with Gasteiger partial charge >= 0.3 is 0 Å². The van der Waals surface area contributed by atoms with Crippen molar-refractivity contribution in [2.24, 2.45) is 0 Å². The predicted octanol–water partition coefficient (Wildman–Crippen LogP) is 14.7. The summed E-state index contributed by atoms with van der Waals surface area (Å²) in [7, 11) is 0. The second-order valence-electron chi connectivity index (χ2n) is 25.0. The highest BCUT2D eigenvalue weighted by molar-refractivity contribution is 7.02. The first-order valence-electron chi connectivity index (χ1n) is 25.8. The molecule has 1 saturated carbocycles. The molecule has 0 radical (unpaired) electrons. The molecule has 3 nitrogen and oxygen atoms in total. The molecule has 0 amide bonds. The third-order valence-corrected chi connectivity index (χ3v) is 19.3. The SMILES string of the molecule is Cc1cc2c3c(c1)N(c1ccc4c(c1)C(C)(C)CCC4(C)C)c1cc(N4c5ccccc5C5(C)CCCCC45C)ccc1B3c1c-2n(-c2ccccc2)c2cc3c(cc12)C(C)(C)CCC3(C)C. The number of anilines is 5. The third-order valence-electron chi connectivity index (χ3n) is 19.3. The number of para-hydroxylation sites is 2. The van der Waals surface area contributed by atoms with Crippen molar-refractivity contribution in [2.45, 2.75) is 160 Å². The van der Waals surface area contributed by atoms with Crippen LogP contribution in [0.15, 0.2) is 115 Å². The second-order valence-corrected chi connectivity index (χ2v) is 25.0. The summed E-state index contributed by atoms with van der Waals surface area (Å²) in [4.78, 5) is 5.49. The number of benzene rings is 6. The number of aryl methyl sites for hydroxylation is 1. The molecule has 6 aromatic carbocycles. The molecule has 3 aliphatic carbocycles. The maximum atomic E-state index is 2.78. The number of hydrogen-bond acceptors (Lipinski definition) is 2. The van der Waals surface area contributed by atoms with E-state index in [0.29, 0.717) is 0 Å². The number of aromatic nitrogens is 1. The normalized spacial score (nSPS) is 24.1. The number of hydrogen-bond donors (Lipinski definition) is 0. The molecule has 4 heteroatoms. The fraction of sp³-hybridized carbons (Fsp3) is 0.397. The van der Waals surface area contributed by atoms with Crippen LogP contribution in [0.25, 0.3) is 27.8 Å². The molecule has 0 bridgehead atoms. The molecular weight excluding hydrogens is 810 g/mol. The van der Waals surface area contributed by atoms with Crippen molar-refractivity contribution in [1.29, 1.82) is 0 Å². The Morgan fingerprint density at radius 3 is 1.82 bits per heavy atom. The Bertz CT molecular complexity index is 3270. The zero-order valence-electron chi connectivity index (χ0n) is 42.0. The number of rotatable bonds is 3. The van der Waals surface area contributed by atoms with Gasteiger partial charge in [-0.3, -0.25) is 0 Å². The maximum absolute atomic E-state index is 2.78. The lowest BCUT2D eigenvalue weighted by atomic mass is 9.37. The lowest BCUT2D eigenvalue weighted by molar-refractivity contribution is 0.195. The van der Waals surface area contributed by atoms with Crippen LogP contribution in [0.1, 0.15) is 154 Å². The summed E-state index contributed by atoms with van der Waals surface area (Å²) >= 11 is 0. The lowest BCUT2D eigenvalue weighted by Gasteiger charge is -2.50. The van der Waals surface area contributed by atoms with Crippen LogP contribution in [-0.4, -0.2) is 16.8 Å². The van der Waals surface area contributed by atoms with Crippen LogP contribution in [0, 0.1) is 6.92 Å².